The average Bonchev–Trinajstić information content (AvgIpc) is 2.11. The zero-order chi connectivity index (χ0) is 9.84. The number of halogens is 1. The van der Waals surface area contributed by atoms with E-state index in [1.54, 1.807) is 0 Å². The molecule has 0 unspecified atom stereocenters. The van der Waals surface area contributed by atoms with Crippen LogP contribution in [-0.2, 0) is 16.0 Å². The Morgan fingerprint density at radius 2 is 2.46 bits per heavy atom. The molecule has 0 spiro atoms. The van der Waals surface area contributed by atoms with E-state index >= 15 is 0 Å². The zero-order valence-electron chi connectivity index (χ0n) is 6.83. The number of aromatic nitrogens is 2. The third kappa shape index (κ3) is 2.55. The van der Waals surface area contributed by atoms with Crippen LogP contribution in [0.4, 0.5) is 0 Å². The predicted molar refractivity (Wildman–Crippen MR) is 45.6 cm³/mol. The molecule has 70 valence electrons. The fourth-order valence-electron chi connectivity index (χ4n) is 0.778. The Labute approximate surface area is 78.7 Å². The lowest BCUT2D eigenvalue weighted by molar-refractivity contribution is -0.139. The van der Waals surface area contributed by atoms with Crippen LogP contribution in [0.25, 0.3) is 0 Å². The Kier molecular flexibility index (Phi) is 3.02. The summed E-state index contributed by atoms with van der Waals surface area (Å²) in [4.78, 5) is 21.6. The lowest BCUT2D eigenvalue weighted by Gasteiger charge is -1.99. The number of nitrogens with one attached hydrogen (secondary N) is 1. The number of H-pyrrole nitrogens is 1. The van der Waals surface area contributed by atoms with E-state index in [1.807, 2.05) is 0 Å². The summed E-state index contributed by atoms with van der Waals surface area (Å²) in [5.74, 6) is -0.464. The number of hydrogen-bond donors (Lipinski definition) is 1. The number of methoxy groups -OCH3 is 1. The highest BCUT2D eigenvalue weighted by Crippen LogP contribution is 2.09. The third-order valence-corrected chi connectivity index (χ3v) is 1.72. The van der Waals surface area contributed by atoms with Crippen LogP contribution in [0.5, 0.6) is 0 Å². The molecular weight excluding hydrogens is 196 g/mol. The van der Waals surface area contributed by atoms with Crippen molar-refractivity contribution in [2.24, 2.45) is 0 Å². The second-order valence-corrected chi connectivity index (χ2v) is 2.66. The van der Waals surface area contributed by atoms with Crippen LogP contribution < -0.4 is 5.56 Å². The molecule has 5 nitrogen and oxygen atoms in total. The molecule has 1 N–H and O–H groups in total. The second-order valence-electron chi connectivity index (χ2n) is 2.30. The Balaban J connectivity index is 2.94. The highest BCUT2D eigenvalue weighted by atomic mass is 35.5. The normalized spacial score (nSPS) is 9.69. The number of carbonyl (C=O) groups excluding carboxylic acids is 1. The van der Waals surface area contributed by atoms with Crippen molar-refractivity contribution in [1.82, 2.24) is 10.2 Å². The standard InChI is InChI=1S/C7H7ClN2O3/c1-13-6(12)3-4-2-5(11)9-10-7(4)8/h2H,3H2,1H3,(H,9,11). The van der Waals surface area contributed by atoms with E-state index in [2.05, 4.69) is 14.9 Å². The van der Waals surface area contributed by atoms with E-state index in [9.17, 15) is 9.59 Å². The van der Waals surface area contributed by atoms with E-state index in [4.69, 9.17) is 11.6 Å². The molecule has 6 heteroatoms. The number of aromatic amines is 1. The van der Waals surface area contributed by atoms with Crippen LogP contribution in [0.3, 0.4) is 0 Å². The minimum absolute atomic E-state index is 0.0494. The first-order valence-electron chi connectivity index (χ1n) is 3.44. The monoisotopic (exact) mass is 202 g/mol. The molecule has 0 saturated heterocycles. The Morgan fingerprint density at radius 3 is 3.08 bits per heavy atom. The van der Waals surface area contributed by atoms with Gasteiger partial charge in [0.2, 0.25) is 0 Å². The topological polar surface area (TPSA) is 72.1 Å². The maximum atomic E-state index is 10.8. The highest BCUT2D eigenvalue weighted by molar-refractivity contribution is 6.30. The maximum Gasteiger partial charge on any atom is 0.310 e. The molecule has 0 radical (unpaired) electrons. The first-order valence-corrected chi connectivity index (χ1v) is 3.82. The molecule has 0 saturated carbocycles. The molecule has 1 aromatic heterocycles. The molecule has 1 aromatic rings. The van der Waals surface area contributed by atoms with Gasteiger partial charge in [0.1, 0.15) is 0 Å². The zero-order valence-corrected chi connectivity index (χ0v) is 7.59. The largest absolute Gasteiger partial charge is 0.469 e. The van der Waals surface area contributed by atoms with Gasteiger partial charge in [0.15, 0.2) is 5.15 Å². The van der Waals surface area contributed by atoms with Crippen molar-refractivity contribution < 1.29 is 9.53 Å². The molecule has 0 aliphatic rings. The number of nitrogens with zero attached hydrogens (tertiary/aromatic N) is 1. The highest BCUT2D eigenvalue weighted by Gasteiger charge is 2.08. The first kappa shape index (κ1) is 9.73. The van der Waals surface area contributed by atoms with Gasteiger partial charge in [0.05, 0.1) is 13.5 Å². The van der Waals surface area contributed by atoms with Gasteiger partial charge in [-0.3, -0.25) is 9.59 Å². The van der Waals surface area contributed by atoms with E-state index in [-0.39, 0.29) is 11.6 Å². The maximum absolute atomic E-state index is 10.8. The Hall–Kier alpha value is -1.36. The van der Waals surface area contributed by atoms with Crippen molar-refractivity contribution in [3.63, 3.8) is 0 Å². The SMILES string of the molecule is COC(=O)Cc1cc(=O)[nH]nc1Cl. The van der Waals surface area contributed by atoms with Crippen molar-refractivity contribution in [2.75, 3.05) is 7.11 Å². The molecule has 0 aromatic carbocycles. The van der Waals surface area contributed by atoms with Crippen LogP contribution in [0.1, 0.15) is 5.56 Å². The van der Waals surface area contributed by atoms with Crippen LogP contribution >= 0.6 is 11.6 Å². The summed E-state index contributed by atoms with van der Waals surface area (Å²) in [7, 11) is 1.26. The van der Waals surface area contributed by atoms with Crippen molar-refractivity contribution in [2.45, 2.75) is 6.42 Å². The summed E-state index contributed by atoms with van der Waals surface area (Å²) in [6.45, 7) is 0. The van der Waals surface area contributed by atoms with Gasteiger partial charge >= 0.3 is 5.97 Å². The summed E-state index contributed by atoms with van der Waals surface area (Å²) >= 11 is 5.61. The van der Waals surface area contributed by atoms with Gasteiger partial charge in [0.25, 0.3) is 5.56 Å². The molecule has 0 atom stereocenters. The number of esters is 1. The summed E-state index contributed by atoms with van der Waals surface area (Å²) in [5.41, 5.74) is -0.0411. The quantitative estimate of drug-likeness (QED) is 0.693. The predicted octanol–water partition coefficient (Wildman–Crippen LogP) is 0.139. The summed E-state index contributed by atoms with van der Waals surface area (Å²) in [6.07, 6.45) is -0.0494. The Bertz CT molecular complexity index is 374. The molecule has 1 heterocycles. The van der Waals surface area contributed by atoms with Gasteiger partial charge in [0, 0.05) is 11.6 Å². The lowest BCUT2D eigenvalue weighted by Crippen LogP contribution is -2.12. The molecule has 1 rings (SSSR count). The first-order chi connectivity index (χ1) is 6.13. The summed E-state index contributed by atoms with van der Waals surface area (Å²) in [5, 5.41) is 5.73. The molecule has 0 aliphatic carbocycles. The van der Waals surface area contributed by atoms with Crippen molar-refractivity contribution in [3.05, 3.63) is 27.1 Å². The van der Waals surface area contributed by atoms with Gasteiger partial charge in [-0.15, -0.1) is 0 Å². The fourth-order valence-corrected chi connectivity index (χ4v) is 0.941. The van der Waals surface area contributed by atoms with Crippen molar-refractivity contribution in [3.8, 4) is 0 Å². The molecule has 13 heavy (non-hydrogen) atoms. The number of ether oxygens (including phenoxy) is 1. The summed E-state index contributed by atoms with van der Waals surface area (Å²) in [6, 6.07) is 1.21. The van der Waals surface area contributed by atoms with Crippen LogP contribution in [0.2, 0.25) is 5.15 Å². The fraction of sp³-hybridized carbons (Fsp3) is 0.286. The second kappa shape index (κ2) is 4.04. The van der Waals surface area contributed by atoms with Crippen LogP contribution in [0, 0.1) is 0 Å². The van der Waals surface area contributed by atoms with E-state index < -0.39 is 11.5 Å². The molecule has 0 amide bonds. The van der Waals surface area contributed by atoms with Crippen molar-refractivity contribution in [1.29, 1.82) is 0 Å². The minimum atomic E-state index is -0.464. The van der Waals surface area contributed by atoms with E-state index in [0.717, 1.165) is 0 Å². The minimum Gasteiger partial charge on any atom is -0.469 e. The van der Waals surface area contributed by atoms with Gasteiger partial charge in [-0.25, -0.2) is 5.10 Å². The van der Waals surface area contributed by atoms with Gasteiger partial charge < -0.3 is 4.74 Å². The smallest absolute Gasteiger partial charge is 0.310 e. The molecule has 0 aliphatic heterocycles. The third-order valence-electron chi connectivity index (χ3n) is 1.40. The molecule has 0 bridgehead atoms. The number of rotatable bonds is 2. The van der Waals surface area contributed by atoms with Crippen molar-refractivity contribution >= 4 is 17.6 Å². The lowest BCUT2D eigenvalue weighted by atomic mass is 10.2. The molecule has 0 fully saturated rings. The molecular formula is C7H7ClN2O3. The van der Waals surface area contributed by atoms with Crippen LogP contribution in [-0.4, -0.2) is 23.3 Å². The van der Waals surface area contributed by atoms with Gasteiger partial charge in [-0.05, 0) is 0 Å². The van der Waals surface area contributed by atoms with Gasteiger partial charge in [-0.2, -0.15) is 5.10 Å². The average molecular weight is 203 g/mol. The Morgan fingerprint density at radius 1 is 1.77 bits per heavy atom. The number of carbonyl (C=O) groups is 1. The van der Waals surface area contributed by atoms with Gasteiger partial charge in [-0.1, -0.05) is 11.6 Å². The summed E-state index contributed by atoms with van der Waals surface area (Å²) < 4.78 is 4.41. The van der Waals surface area contributed by atoms with E-state index in [1.165, 1.54) is 13.2 Å². The number of hydrogen-bond acceptors (Lipinski definition) is 4. The van der Waals surface area contributed by atoms with E-state index in [0.29, 0.717) is 5.56 Å². The van der Waals surface area contributed by atoms with Crippen LogP contribution in [0.15, 0.2) is 10.9 Å².